The van der Waals surface area contributed by atoms with Gasteiger partial charge in [0.1, 0.15) is 4.90 Å². The van der Waals surface area contributed by atoms with Crippen LogP contribution in [0.5, 0.6) is 5.75 Å². The van der Waals surface area contributed by atoms with Gasteiger partial charge in [0.05, 0.1) is 3.57 Å². The summed E-state index contributed by atoms with van der Waals surface area (Å²) in [5, 5.41) is 0. The van der Waals surface area contributed by atoms with Gasteiger partial charge in [0.15, 0.2) is 5.75 Å². The molecule has 0 aromatic heterocycles. The Morgan fingerprint density at radius 1 is 1.00 bits per heavy atom. The second-order valence-electron chi connectivity index (χ2n) is 3.40. The van der Waals surface area contributed by atoms with Gasteiger partial charge < -0.3 is 4.18 Å². The molecule has 2 aromatic carbocycles. The van der Waals surface area contributed by atoms with Crippen LogP contribution in [0.25, 0.3) is 0 Å². The van der Waals surface area contributed by atoms with Crippen molar-refractivity contribution in [3.05, 3.63) is 56.6 Å². The molecule has 0 aliphatic carbocycles. The van der Waals surface area contributed by atoms with Crippen molar-refractivity contribution < 1.29 is 12.6 Å². The lowest BCUT2D eigenvalue weighted by Gasteiger charge is -2.09. The second kappa shape index (κ2) is 5.58. The molecule has 0 heterocycles. The third-order valence-electron chi connectivity index (χ3n) is 2.14. The van der Waals surface area contributed by atoms with Crippen LogP contribution in [0.3, 0.4) is 0 Å². The first-order chi connectivity index (χ1) is 8.50. The van der Waals surface area contributed by atoms with Crippen LogP contribution in [0.4, 0.5) is 0 Å². The van der Waals surface area contributed by atoms with Gasteiger partial charge in [-0.1, -0.05) is 24.3 Å². The third-order valence-corrected chi connectivity index (χ3v) is 5.28. The first kappa shape index (κ1) is 13.8. The van der Waals surface area contributed by atoms with Crippen molar-refractivity contribution in [1.29, 1.82) is 0 Å². The highest BCUT2D eigenvalue weighted by Gasteiger charge is 2.20. The first-order valence-corrected chi connectivity index (χ1v) is 8.22. The van der Waals surface area contributed by atoms with Crippen LogP contribution in [0.1, 0.15) is 0 Å². The quantitative estimate of drug-likeness (QED) is 0.540. The van der Waals surface area contributed by atoms with E-state index in [1.54, 1.807) is 36.4 Å². The summed E-state index contributed by atoms with van der Waals surface area (Å²) in [4.78, 5) is 0.115. The Bertz CT molecular complexity index is 671. The van der Waals surface area contributed by atoms with Crippen molar-refractivity contribution in [2.75, 3.05) is 0 Å². The van der Waals surface area contributed by atoms with E-state index in [0.29, 0.717) is 10.2 Å². The molecule has 2 rings (SSSR count). The van der Waals surface area contributed by atoms with Crippen LogP contribution in [-0.4, -0.2) is 8.42 Å². The van der Waals surface area contributed by atoms with E-state index < -0.39 is 10.1 Å². The Hall–Kier alpha value is -0.600. The van der Waals surface area contributed by atoms with Crippen LogP contribution in [0.2, 0.25) is 0 Å². The fraction of sp³-hybridized carbons (Fsp3) is 0. The fourth-order valence-corrected chi connectivity index (χ4v) is 3.87. The molecule has 0 fully saturated rings. The summed E-state index contributed by atoms with van der Waals surface area (Å²) in [5.74, 6) is 0.328. The smallest absolute Gasteiger partial charge is 0.340 e. The molecule has 0 aliphatic heterocycles. The van der Waals surface area contributed by atoms with E-state index in [4.69, 9.17) is 4.18 Å². The van der Waals surface area contributed by atoms with Gasteiger partial charge in [-0.15, -0.1) is 0 Å². The normalized spacial score (nSPS) is 11.2. The molecule has 2 aromatic rings. The van der Waals surface area contributed by atoms with Gasteiger partial charge >= 0.3 is 10.1 Å². The minimum atomic E-state index is -3.82. The van der Waals surface area contributed by atoms with Crippen molar-refractivity contribution in [3.63, 3.8) is 0 Å². The lowest BCUT2D eigenvalue weighted by molar-refractivity contribution is 0.484. The van der Waals surface area contributed by atoms with Gasteiger partial charge in [0.25, 0.3) is 0 Å². The SMILES string of the molecule is O=S(=O)(Oc1ccccc1I)c1ccccc1Br. The molecule has 6 heteroatoms. The predicted octanol–water partition coefficient (Wildman–Crippen LogP) is 3.82. The summed E-state index contributed by atoms with van der Waals surface area (Å²) < 4.78 is 30.6. The molecule has 0 saturated heterocycles. The Labute approximate surface area is 128 Å². The maximum absolute atomic E-state index is 12.1. The lowest BCUT2D eigenvalue weighted by Crippen LogP contribution is -2.11. The summed E-state index contributed by atoms with van der Waals surface area (Å²) in [6, 6.07) is 13.5. The van der Waals surface area contributed by atoms with Crippen molar-refractivity contribution >= 4 is 48.6 Å². The summed E-state index contributed by atoms with van der Waals surface area (Å²) in [6.45, 7) is 0. The molecular weight excluding hydrogens is 431 g/mol. The molecule has 0 N–H and O–H groups in total. The van der Waals surface area contributed by atoms with Crippen LogP contribution in [0, 0.1) is 3.57 Å². The highest BCUT2D eigenvalue weighted by Crippen LogP contribution is 2.27. The van der Waals surface area contributed by atoms with E-state index in [-0.39, 0.29) is 4.90 Å². The van der Waals surface area contributed by atoms with Crippen molar-refractivity contribution in [3.8, 4) is 5.75 Å². The van der Waals surface area contributed by atoms with Gasteiger partial charge in [0.2, 0.25) is 0 Å². The van der Waals surface area contributed by atoms with Crippen molar-refractivity contribution in [2.24, 2.45) is 0 Å². The zero-order valence-electron chi connectivity index (χ0n) is 9.01. The highest BCUT2D eigenvalue weighted by molar-refractivity contribution is 14.1. The molecule has 0 radical (unpaired) electrons. The van der Waals surface area contributed by atoms with Gasteiger partial charge in [-0.2, -0.15) is 8.42 Å². The van der Waals surface area contributed by atoms with E-state index >= 15 is 0 Å². The van der Waals surface area contributed by atoms with Crippen LogP contribution < -0.4 is 4.18 Å². The van der Waals surface area contributed by atoms with Gasteiger partial charge in [-0.3, -0.25) is 0 Å². The average molecular weight is 439 g/mol. The lowest BCUT2D eigenvalue weighted by atomic mass is 10.3. The number of halogens is 2. The van der Waals surface area contributed by atoms with Gasteiger partial charge in [0, 0.05) is 4.47 Å². The van der Waals surface area contributed by atoms with Crippen LogP contribution in [-0.2, 0) is 10.1 Å². The minimum Gasteiger partial charge on any atom is -0.378 e. The molecule has 0 bridgehead atoms. The van der Waals surface area contributed by atoms with Gasteiger partial charge in [-0.05, 0) is 62.8 Å². The molecule has 94 valence electrons. The van der Waals surface area contributed by atoms with Crippen molar-refractivity contribution in [1.82, 2.24) is 0 Å². The third kappa shape index (κ3) is 3.04. The monoisotopic (exact) mass is 438 g/mol. The molecule has 0 unspecified atom stereocenters. The van der Waals surface area contributed by atoms with Crippen molar-refractivity contribution in [2.45, 2.75) is 4.90 Å². The summed E-state index contributed by atoms with van der Waals surface area (Å²) >= 11 is 5.23. The standard InChI is InChI=1S/C12H8BrIO3S/c13-9-5-1-4-8-12(9)18(15,16)17-11-7-3-2-6-10(11)14/h1-8H. The Morgan fingerprint density at radius 2 is 1.61 bits per heavy atom. The molecular formula is C12H8BrIO3S. The largest absolute Gasteiger partial charge is 0.378 e. The maximum atomic E-state index is 12.1. The summed E-state index contributed by atoms with van der Waals surface area (Å²) in [5.41, 5.74) is 0. The van der Waals surface area contributed by atoms with E-state index in [1.165, 1.54) is 6.07 Å². The molecule has 0 spiro atoms. The molecule has 18 heavy (non-hydrogen) atoms. The minimum absolute atomic E-state index is 0.115. The topological polar surface area (TPSA) is 43.4 Å². The average Bonchev–Trinajstić information content (AvgIpc) is 2.32. The molecule has 0 atom stereocenters. The Kier molecular flexibility index (Phi) is 4.29. The first-order valence-electron chi connectivity index (χ1n) is 4.94. The number of benzene rings is 2. The molecule has 0 saturated carbocycles. The zero-order valence-corrected chi connectivity index (χ0v) is 13.6. The summed E-state index contributed by atoms with van der Waals surface area (Å²) in [7, 11) is -3.82. The Morgan fingerprint density at radius 3 is 2.28 bits per heavy atom. The molecule has 3 nitrogen and oxygen atoms in total. The molecule has 0 amide bonds. The number of rotatable bonds is 3. The molecule has 0 aliphatic rings. The zero-order chi connectivity index (χ0) is 13.2. The second-order valence-corrected chi connectivity index (χ2v) is 6.93. The highest BCUT2D eigenvalue weighted by atomic mass is 127. The number of hydrogen-bond acceptors (Lipinski definition) is 3. The number of hydrogen-bond donors (Lipinski definition) is 0. The predicted molar refractivity (Wildman–Crippen MR) is 81.1 cm³/mol. The summed E-state index contributed by atoms with van der Waals surface area (Å²) in [6.07, 6.45) is 0. The van der Waals surface area contributed by atoms with Gasteiger partial charge in [-0.25, -0.2) is 0 Å². The van der Waals surface area contributed by atoms with Crippen LogP contribution in [0.15, 0.2) is 57.9 Å². The fourth-order valence-electron chi connectivity index (χ4n) is 1.32. The maximum Gasteiger partial charge on any atom is 0.340 e. The number of para-hydroxylation sites is 1. The van der Waals surface area contributed by atoms with E-state index in [9.17, 15) is 8.42 Å². The van der Waals surface area contributed by atoms with E-state index in [1.807, 2.05) is 28.7 Å². The Balaban J connectivity index is 2.40. The van der Waals surface area contributed by atoms with E-state index in [2.05, 4.69) is 15.9 Å². The van der Waals surface area contributed by atoms with E-state index in [0.717, 1.165) is 3.57 Å². The van der Waals surface area contributed by atoms with Crippen LogP contribution >= 0.6 is 38.5 Å².